The third-order valence-electron chi connectivity index (χ3n) is 3.23. The second kappa shape index (κ2) is 6.34. The molecule has 0 saturated heterocycles. The standard InChI is InChI=1S/C15H12ClFN4O3S/c1-25(23,24)20-11-8-9(17)5-6-10(11)18-15(22)13-14(16)19-12-4-2-3-7-21(12)13/h2-8,20H,1H3,(H,18,22). The van der Waals surface area contributed by atoms with Crippen molar-refractivity contribution < 1.29 is 17.6 Å². The minimum Gasteiger partial charge on any atom is -0.319 e. The van der Waals surface area contributed by atoms with Crippen molar-refractivity contribution in [2.24, 2.45) is 0 Å². The van der Waals surface area contributed by atoms with Crippen molar-refractivity contribution in [3.8, 4) is 0 Å². The van der Waals surface area contributed by atoms with Gasteiger partial charge in [-0.1, -0.05) is 17.7 Å². The molecule has 130 valence electrons. The Hall–Kier alpha value is -2.65. The molecule has 2 aromatic heterocycles. The molecule has 1 amide bonds. The first-order valence-electron chi connectivity index (χ1n) is 6.96. The van der Waals surface area contributed by atoms with Gasteiger partial charge in [-0.25, -0.2) is 17.8 Å². The largest absolute Gasteiger partial charge is 0.319 e. The number of halogens is 2. The van der Waals surface area contributed by atoms with E-state index in [9.17, 15) is 17.6 Å². The predicted octanol–water partition coefficient (Wildman–Crippen LogP) is 2.75. The summed E-state index contributed by atoms with van der Waals surface area (Å²) < 4.78 is 39.9. The maximum Gasteiger partial charge on any atom is 0.275 e. The van der Waals surface area contributed by atoms with E-state index in [1.54, 1.807) is 24.4 Å². The van der Waals surface area contributed by atoms with Gasteiger partial charge in [-0.05, 0) is 24.3 Å². The van der Waals surface area contributed by atoms with Crippen molar-refractivity contribution in [2.45, 2.75) is 0 Å². The van der Waals surface area contributed by atoms with Crippen LogP contribution in [0, 0.1) is 5.82 Å². The summed E-state index contributed by atoms with van der Waals surface area (Å²) in [5.74, 6) is -1.27. The van der Waals surface area contributed by atoms with Crippen molar-refractivity contribution in [3.05, 3.63) is 59.3 Å². The first-order valence-corrected chi connectivity index (χ1v) is 9.23. The summed E-state index contributed by atoms with van der Waals surface area (Å²) in [6, 6.07) is 8.44. The van der Waals surface area contributed by atoms with Crippen LogP contribution in [0.2, 0.25) is 5.15 Å². The number of hydrogen-bond acceptors (Lipinski definition) is 4. The van der Waals surface area contributed by atoms with Crippen molar-refractivity contribution in [1.29, 1.82) is 0 Å². The van der Waals surface area contributed by atoms with Crippen LogP contribution in [-0.4, -0.2) is 30.0 Å². The number of nitrogens with zero attached hydrogens (tertiary/aromatic N) is 2. The fraction of sp³-hybridized carbons (Fsp3) is 0.0667. The van der Waals surface area contributed by atoms with Crippen molar-refractivity contribution >= 4 is 44.6 Å². The van der Waals surface area contributed by atoms with Gasteiger partial charge in [-0.2, -0.15) is 0 Å². The number of hydrogen-bond donors (Lipinski definition) is 2. The maximum absolute atomic E-state index is 13.4. The number of fused-ring (bicyclic) bond motifs is 1. The molecule has 0 fully saturated rings. The number of amides is 1. The van der Waals surface area contributed by atoms with Crippen molar-refractivity contribution in [3.63, 3.8) is 0 Å². The highest BCUT2D eigenvalue weighted by atomic mass is 35.5. The Morgan fingerprint density at radius 1 is 1.24 bits per heavy atom. The Morgan fingerprint density at radius 2 is 2.00 bits per heavy atom. The summed E-state index contributed by atoms with van der Waals surface area (Å²) >= 11 is 6.04. The lowest BCUT2D eigenvalue weighted by molar-refractivity contribution is 0.102. The first kappa shape index (κ1) is 17.2. The van der Waals surface area contributed by atoms with Crippen LogP contribution in [0.3, 0.4) is 0 Å². The zero-order valence-electron chi connectivity index (χ0n) is 12.8. The molecule has 0 bridgehead atoms. The summed E-state index contributed by atoms with van der Waals surface area (Å²) in [4.78, 5) is 16.7. The molecule has 0 radical (unpaired) electrons. The van der Waals surface area contributed by atoms with E-state index < -0.39 is 21.7 Å². The number of sulfonamides is 1. The highest BCUT2D eigenvalue weighted by molar-refractivity contribution is 7.92. The number of imidazole rings is 1. The van der Waals surface area contributed by atoms with Crippen LogP contribution in [0.4, 0.5) is 15.8 Å². The van der Waals surface area contributed by atoms with Crippen LogP contribution in [0.15, 0.2) is 42.6 Å². The van der Waals surface area contributed by atoms with Gasteiger partial charge in [-0.3, -0.25) is 13.9 Å². The van der Waals surface area contributed by atoms with Gasteiger partial charge >= 0.3 is 0 Å². The molecule has 2 heterocycles. The van der Waals surface area contributed by atoms with Crippen LogP contribution in [-0.2, 0) is 10.0 Å². The van der Waals surface area contributed by atoms with Gasteiger partial charge in [-0.15, -0.1) is 0 Å². The number of nitrogens with one attached hydrogen (secondary N) is 2. The molecule has 0 atom stereocenters. The molecule has 3 aromatic rings. The van der Waals surface area contributed by atoms with Gasteiger partial charge in [0.1, 0.15) is 11.5 Å². The van der Waals surface area contributed by atoms with Gasteiger partial charge in [0.05, 0.1) is 17.6 Å². The van der Waals surface area contributed by atoms with Crippen LogP contribution in [0.1, 0.15) is 10.5 Å². The molecule has 3 rings (SSSR count). The summed E-state index contributed by atoms with van der Waals surface area (Å²) in [7, 11) is -3.66. The summed E-state index contributed by atoms with van der Waals surface area (Å²) in [6.07, 6.45) is 2.54. The zero-order chi connectivity index (χ0) is 18.2. The fourth-order valence-electron chi connectivity index (χ4n) is 2.26. The molecule has 1 aromatic carbocycles. The van der Waals surface area contributed by atoms with E-state index in [0.29, 0.717) is 5.65 Å². The summed E-state index contributed by atoms with van der Waals surface area (Å²) in [5, 5.41) is 2.51. The third-order valence-corrected chi connectivity index (χ3v) is 4.08. The number of benzene rings is 1. The second-order valence-electron chi connectivity index (χ2n) is 5.20. The number of carbonyl (C=O) groups excluding carboxylic acids is 1. The lowest BCUT2D eigenvalue weighted by Crippen LogP contribution is -2.18. The quantitative estimate of drug-likeness (QED) is 0.725. The normalized spacial score (nSPS) is 11.5. The van der Waals surface area contributed by atoms with Crippen LogP contribution in [0.5, 0.6) is 0 Å². The lowest BCUT2D eigenvalue weighted by atomic mass is 10.2. The van der Waals surface area contributed by atoms with Gasteiger partial charge in [0.2, 0.25) is 10.0 Å². The van der Waals surface area contributed by atoms with Gasteiger partial charge < -0.3 is 5.32 Å². The number of anilines is 2. The monoisotopic (exact) mass is 382 g/mol. The Balaban J connectivity index is 1.99. The molecule has 10 heteroatoms. The Morgan fingerprint density at radius 3 is 2.72 bits per heavy atom. The molecule has 0 aliphatic rings. The summed E-state index contributed by atoms with van der Waals surface area (Å²) in [5.41, 5.74) is 0.540. The molecule has 0 spiro atoms. The minimum atomic E-state index is -3.66. The molecular weight excluding hydrogens is 371 g/mol. The average molecular weight is 383 g/mol. The molecule has 0 unspecified atom stereocenters. The molecule has 2 N–H and O–H groups in total. The molecule has 0 aliphatic heterocycles. The van der Waals surface area contributed by atoms with E-state index in [0.717, 1.165) is 18.4 Å². The Labute approximate surface area is 147 Å². The Kier molecular flexibility index (Phi) is 4.36. The SMILES string of the molecule is CS(=O)(=O)Nc1cc(F)ccc1NC(=O)c1c(Cl)nc2ccccn12. The first-order chi connectivity index (χ1) is 11.7. The maximum atomic E-state index is 13.4. The highest BCUT2D eigenvalue weighted by Crippen LogP contribution is 2.26. The van der Waals surface area contributed by atoms with Gasteiger partial charge in [0.25, 0.3) is 5.91 Å². The molecule has 25 heavy (non-hydrogen) atoms. The lowest BCUT2D eigenvalue weighted by Gasteiger charge is -2.12. The van der Waals surface area contributed by atoms with Gasteiger partial charge in [0, 0.05) is 12.3 Å². The molecular formula is C15H12ClFN4O3S. The van der Waals surface area contributed by atoms with Crippen LogP contribution >= 0.6 is 11.6 Å². The fourth-order valence-corrected chi connectivity index (χ4v) is 3.09. The highest BCUT2D eigenvalue weighted by Gasteiger charge is 2.19. The van der Waals surface area contributed by atoms with E-state index in [2.05, 4.69) is 15.0 Å². The van der Waals surface area contributed by atoms with E-state index in [4.69, 9.17) is 11.6 Å². The van der Waals surface area contributed by atoms with E-state index >= 15 is 0 Å². The van der Waals surface area contributed by atoms with E-state index in [1.165, 1.54) is 10.5 Å². The third kappa shape index (κ3) is 3.72. The van der Waals surface area contributed by atoms with E-state index in [-0.39, 0.29) is 22.2 Å². The average Bonchev–Trinajstić information content (AvgIpc) is 2.84. The second-order valence-corrected chi connectivity index (χ2v) is 7.30. The van der Waals surface area contributed by atoms with Crippen LogP contribution < -0.4 is 10.0 Å². The van der Waals surface area contributed by atoms with Crippen molar-refractivity contribution in [1.82, 2.24) is 9.38 Å². The smallest absolute Gasteiger partial charge is 0.275 e. The topological polar surface area (TPSA) is 92.6 Å². The predicted molar refractivity (Wildman–Crippen MR) is 93.0 cm³/mol. The van der Waals surface area contributed by atoms with Gasteiger partial charge in [0.15, 0.2) is 10.8 Å². The van der Waals surface area contributed by atoms with Crippen molar-refractivity contribution in [2.75, 3.05) is 16.3 Å². The molecule has 0 aliphatic carbocycles. The minimum absolute atomic E-state index is 0.0107. The molecule has 0 saturated carbocycles. The number of aromatic nitrogens is 2. The Bertz CT molecular complexity index is 1080. The van der Waals surface area contributed by atoms with Crippen LogP contribution in [0.25, 0.3) is 5.65 Å². The number of pyridine rings is 1. The number of rotatable bonds is 4. The van der Waals surface area contributed by atoms with E-state index in [1.807, 2.05) is 0 Å². The number of carbonyl (C=O) groups is 1. The summed E-state index contributed by atoms with van der Waals surface area (Å²) in [6.45, 7) is 0. The molecule has 7 nitrogen and oxygen atoms in total. The zero-order valence-corrected chi connectivity index (χ0v) is 14.4.